The lowest BCUT2D eigenvalue weighted by Gasteiger charge is -2.11. The zero-order valence-corrected chi connectivity index (χ0v) is 15.3. The van der Waals surface area contributed by atoms with Crippen molar-refractivity contribution in [1.29, 1.82) is 0 Å². The van der Waals surface area contributed by atoms with E-state index in [4.69, 9.17) is 4.74 Å². The molecule has 0 radical (unpaired) electrons. The third-order valence-corrected chi connectivity index (χ3v) is 5.46. The Labute approximate surface area is 148 Å². The second-order valence-electron chi connectivity index (χ2n) is 5.72. The van der Waals surface area contributed by atoms with E-state index in [2.05, 4.69) is 5.32 Å². The van der Waals surface area contributed by atoms with Crippen LogP contribution < -0.4 is 5.32 Å². The second-order valence-corrected chi connectivity index (χ2v) is 7.83. The van der Waals surface area contributed by atoms with Crippen LogP contribution in [0, 0.1) is 6.92 Å². The van der Waals surface area contributed by atoms with Crippen LogP contribution in [0.3, 0.4) is 0 Å². The minimum absolute atomic E-state index is 0.0980. The molecule has 0 aliphatic carbocycles. The van der Waals surface area contributed by atoms with Gasteiger partial charge in [0.25, 0.3) is 0 Å². The summed E-state index contributed by atoms with van der Waals surface area (Å²) in [6.07, 6.45) is -0.0980. The minimum Gasteiger partial charge on any atom is -0.377 e. The number of ether oxygens (including phenoxy) is 1. The maximum atomic E-state index is 12.3. The van der Waals surface area contributed by atoms with Crippen molar-refractivity contribution in [2.45, 2.75) is 31.8 Å². The van der Waals surface area contributed by atoms with Crippen molar-refractivity contribution in [3.8, 4) is 0 Å². The molecule has 0 saturated heterocycles. The summed E-state index contributed by atoms with van der Waals surface area (Å²) in [5.74, 6) is -0.560. The fraction of sp³-hybridized carbons (Fsp3) is 0.316. The third kappa shape index (κ3) is 5.69. The fourth-order valence-electron chi connectivity index (χ4n) is 2.28. The molecule has 0 atom stereocenters. The van der Waals surface area contributed by atoms with Gasteiger partial charge in [0.15, 0.2) is 9.84 Å². The molecule has 2 aromatic carbocycles. The number of sulfone groups is 1. The Kier molecular flexibility index (Phi) is 6.73. The molecule has 1 N–H and O–H groups in total. The topological polar surface area (TPSA) is 72.5 Å². The fourth-order valence-corrected chi connectivity index (χ4v) is 3.52. The first-order valence-electron chi connectivity index (χ1n) is 8.17. The van der Waals surface area contributed by atoms with Gasteiger partial charge >= 0.3 is 0 Å². The van der Waals surface area contributed by atoms with E-state index in [1.807, 2.05) is 32.0 Å². The molecular formula is C19H23NO4S. The predicted octanol–water partition coefficient (Wildman–Crippen LogP) is 3.33. The van der Waals surface area contributed by atoms with Crippen molar-refractivity contribution in [3.05, 3.63) is 59.7 Å². The summed E-state index contributed by atoms with van der Waals surface area (Å²) < 4.78 is 30.0. The molecule has 0 heterocycles. The molecule has 2 aromatic rings. The van der Waals surface area contributed by atoms with Crippen molar-refractivity contribution in [2.75, 3.05) is 17.7 Å². The molecule has 0 bridgehead atoms. The SMILES string of the molecule is CCOCc1ccccc1NC(=O)CCS(=O)(=O)c1ccc(C)cc1. The number of rotatable bonds is 8. The zero-order chi connectivity index (χ0) is 18.3. The van der Waals surface area contributed by atoms with E-state index in [1.54, 1.807) is 30.3 Å². The van der Waals surface area contributed by atoms with Gasteiger partial charge in [0.05, 0.1) is 17.3 Å². The van der Waals surface area contributed by atoms with Crippen LogP contribution in [0.4, 0.5) is 5.69 Å². The van der Waals surface area contributed by atoms with Gasteiger partial charge in [-0.05, 0) is 32.0 Å². The van der Waals surface area contributed by atoms with Gasteiger partial charge in [-0.1, -0.05) is 35.9 Å². The standard InChI is InChI=1S/C19H23NO4S/c1-3-24-14-16-6-4-5-7-18(16)20-19(21)12-13-25(22,23)17-10-8-15(2)9-11-17/h4-11H,3,12-14H2,1-2H3,(H,20,21). The van der Waals surface area contributed by atoms with E-state index in [1.165, 1.54) is 0 Å². The maximum absolute atomic E-state index is 12.3. The predicted molar refractivity (Wildman–Crippen MR) is 98.3 cm³/mol. The average molecular weight is 361 g/mol. The number of hydrogen-bond donors (Lipinski definition) is 1. The molecule has 0 unspecified atom stereocenters. The number of anilines is 1. The number of carbonyl (C=O) groups is 1. The van der Waals surface area contributed by atoms with E-state index in [0.29, 0.717) is 18.9 Å². The van der Waals surface area contributed by atoms with Crippen molar-refractivity contribution in [3.63, 3.8) is 0 Å². The van der Waals surface area contributed by atoms with Crippen molar-refractivity contribution in [1.82, 2.24) is 0 Å². The summed E-state index contributed by atoms with van der Waals surface area (Å²) in [5, 5.41) is 2.77. The monoisotopic (exact) mass is 361 g/mol. The van der Waals surface area contributed by atoms with Gasteiger partial charge in [-0.25, -0.2) is 8.42 Å². The van der Waals surface area contributed by atoms with Crippen LogP contribution in [-0.4, -0.2) is 26.7 Å². The molecule has 0 fully saturated rings. The van der Waals surface area contributed by atoms with E-state index in [0.717, 1.165) is 11.1 Å². The van der Waals surface area contributed by atoms with E-state index >= 15 is 0 Å². The molecule has 5 nitrogen and oxygen atoms in total. The minimum atomic E-state index is -3.47. The van der Waals surface area contributed by atoms with Gasteiger partial charge in [0, 0.05) is 24.3 Å². The lowest BCUT2D eigenvalue weighted by atomic mass is 10.2. The zero-order valence-electron chi connectivity index (χ0n) is 14.5. The third-order valence-electron chi connectivity index (χ3n) is 3.73. The van der Waals surface area contributed by atoms with E-state index < -0.39 is 9.84 Å². The summed E-state index contributed by atoms with van der Waals surface area (Å²) in [6.45, 7) is 4.77. The highest BCUT2D eigenvalue weighted by Crippen LogP contribution is 2.17. The molecule has 1 amide bonds. The number of nitrogens with one attached hydrogen (secondary N) is 1. The molecule has 0 aromatic heterocycles. The molecule has 134 valence electrons. The second kappa shape index (κ2) is 8.78. The Hall–Kier alpha value is -2.18. The van der Waals surface area contributed by atoms with Gasteiger partial charge in [-0.3, -0.25) is 4.79 Å². The highest BCUT2D eigenvalue weighted by atomic mass is 32.2. The number of amides is 1. The summed E-state index contributed by atoms with van der Waals surface area (Å²) in [6, 6.07) is 14.0. The van der Waals surface area contributed by atoms with Crippen LogP contribution in [0.15, 0.2) is 53.4 Å². The lowest BCUT2D eigenvalue weighted by Crippen LogP contribution is -2.18. The first-order chi connectivity index (χ1) is 11.9. The van der Waals surface area contributed by atoms with Gasteiger partial charge < -0.3 is 10.1 Å². The molecule has 6 heteroatoms. The van der Waals surface area contributed by atoms with E-state index in [9.17, 15) is 13.2 Å². The summed E-state index contributed by atoms with van der Waals surface area (Å²) in [5.41, 5.74) is 2.50. The normalized spacial score (nSPS) is 11.3. The molecule has 2 rings (SSSR count). The number of para-hydroxylation sites is 1. The van der Waals surface area contributed by atoms with Gasteiger partial charge in [0.2, 0.25) is 5.91 Å². The Morgan fingerprint density at radius 2 is 1.76 bits per heavy atom. The van der Waals surface area contributed by atoms with Gasteiger partial charge in [0.1, 0.15) is 0 Å². The van der Waals surface area contributed by atoms with Crippen molar-refractivity contribution in [2.24, 2.45) is 0 Å². The van der Waals surface area contributed by atoms with Crippen molar-refractivity contribution < 1.29 is 17.9 Å². The van der Waals surface area contributed by atoms with Gasteiger partial charge in [-0.15, -0.1) is 0 Å². The molecular weight excluding hydrogens is 338 g/mol. The number of benzene rings is 2. The molecule has 0 aliphatic heterocycles. The maximum Gasteiger partial charge on any atom is 0.225 e. The van der Waals surface area contributed by atoms with Crippen LogP contribution in [0.5, 0.6) is 0 Å². The van der Waals surface area contributed by atoms with E-state index in [-0.39, 0.29) is 23.0 Å². The quantitative estimate of drug-likeness (QED) is 0.783. The Morgan fingerprint density at radius 3 is 2.44 bits per heavy atom. The summed E-state index contributed by atoms with van der Waals surface area (Å²) >= 11 is 0. The Morgan fingerprint density at radius 1 is 1.08 bits per heavy atom. The molecule has 25 heavy (non-hydrogen) atoms. The molecule has 0 spiro atoms. The van der Waals surface area contributed by atoms with Crippen LogP contribution in [0.2, 0.25) is 0 Å². The summed E-state index contributed by atoms with van der Waals surface area (Å²) in [7, 11) is -3.47. The number of carbonyl (C=O) groups excluding carboxylic acids is 1. The van der Waals surface area contributed by atoms with Crippen LogP contribution in [0.25, 0.3) is 0 Å². The van der Waals surface area contributed by atoms with Crippen LogP contribution >= 0.6 is 0 Å². The van der Waals surface area contributed by atoms with Gasteiger partial charge in [-0.2, -0.15) is 0 Å². The van der Waals surface area contributed by atoms with Crippen LogP contribution in [-0.2, 0) is 26.0 Å². The summed E-state index contributed by atoms with van der Waals surface area (Å²) in [4.78, 5) is 12.4. The average Bonchev–Trinajstić information content (AvgIpc) is 2.60. The van der Waals surface area contributed by atoms with Crippen molar-refractivity contribution >= 4 is 21.4 Å². The molecule has 0 aliphatic rings. The first kappa shape index (κ1) is 19.1. The number of aryl methyl sites for hydroxylation is 1. The highest BCUT2D eigenvalue weighted by Gasteiger charge is 2.17. The Balaban J connectivity index is 1.98. The lowest BCUT2D eigenvalue weighted by molar-refractivity contribution is -0.115. The highest BCUT2D eigenvalue weighted by molar-refractivity contribution is 7.91. The van der Waals surface area contributed by atoms with Crippen LogP contribution in [0.1, 0.15) is 24.5 Å². The number of hydrogen-bond acceptors (Lipinski definition) is 4. The largest absolute Gasteiger partial charge is 0.377 e. The smallest absolute Gasteiger partial charge is 0.225 e. The Bertz CT molecular complexity index is 814. The molecule has 0 saturated carbocycles. The first-order valence-corrected chi connectivity index (χ1v) is 9.82.